The summed E-state index contributed by atoms with van der Waals surface area (Å²) in [6.45, 7) is 1.77. The SMILES string of the molecule is Cc1c(C(=O)c2cn(-c3ccccc3)nc2C(=O)Nc2ccccc2)nnn1-c1ccccc1. The average molecular weight is 448 g/mol. The van der Waals surface area contributed by atoms with E-state index in [1.165, 1.54) is 4.68 Å². The minimum Gasteiger partial charge on any atom is -0.321 e. The van der Waals surface area contributed by atoms with Crippen LogP contribution in [0, 0.1) is 6.92 Å². The van der Waals surface area contributed by atoms with Gasteiger partial charge in [0.1, 0.15) is 0 Å². The molecule has 5 aromatic rings. The summed E-state index contributed by atoms with van der Waals surface area (Å²) in [6, 6.07) is 27.7. The molecule has 0 aliphatic rings. The third-order valence-corrected chi connectivity index (χ3v) is 5.34. The lowest BCUT2D eigenvalue weighted by molar-refractivity contribution is 0.0991. The van der Waals surface area contributed by atoms with Crippen LogP contribution in [0.2, 0.25) is 0 Å². The Morgan fingerprint density at radius 2 is 1.35 bits per heavy atom. The lowest BCUT2D eigenvalue weighted by Gasteiger charge is -2.05. The summed E-state index contributed by atoms with van der Waals surface area (Å²) in [4.78, 5) is 26.7. The van der Waals surface area contributed by atoms with Gasteiger partial charge < -0.3 is 5.32 Å². The Hall–Kier alpha value is -4.85. The van der Waals surface area contributed by atoms with E-state index in [-0.39, 0.29) is 17.0 Å². The van der Waals surface area contributed by atoms with Crippen LogP contribution in [-0.2, 0) is 0 Å². The van der Waals surface area contributed by atoms with Gasteiger partial charge in [-0.15, -0.1) is 5.10 Å². The summed E-state index contributed by atoms with van der Waals surface area (Å²) in [6.07, 6.45) is 1.55. The van der Waals surface area contributed by atoms with E-state index in [2.05, 4.69) is 20.7 Å². The number of rotatable bonds is 6. The molecule has 8 heteroatoms. The van der Waals surface area contributed by atoms with E-state index in [4.69, 9.17) is 0 Å². The van der Waals surface area contributed by atoms with Crippen molar-refractivity contribution in [2.45, 2.75) is 6.92 Å². The number of amides is 1. The van der Waals surface area contributed by atoms with Gasteiger partial charge in [-0.3, -0.25) is 9.59 Å². The summed E-state index contributed by atoms with van der Waals surface area (Å²) in [7, 11) is 0. The fourth-order valence-electron chi connectivity index (χ4n) is 3.61. The van der Waals surface area contributed by atoms with Crippen LogP contribution in [0.25, 0.3) is 11.4 Å². The maximum atomic E-state index is 13.6. The number of nitrogens with zero attached hydrogens (tertiary/aromatic N) is 5. The first-order chi connectivity index (χ1) is 16.6. The molecule has 1 N–H and O–H groups in total. The number of carbonyl (C=O) groups is 2. The Kier molecular flexibility index (Phi) is 5.53. The number of hydrogen-bond acceptors (Lipinski definition) is 5. The quantitative estimate of drug-likeness (QED) is 0.392. The summed E-state index contributed by atoms with van der Waals surface area (Å²) in [5, 5.41) is 15.5. The molecule has 34 heavy (non-hydrogen) atoms. The molecule has 0 bridgehead atoms. The first kappa shape index (κ1) is 21.0. The number of ketones is 1. The summed E-state index contributed by atoms with van der Waals surface area (Å²) in [5.41, 5.74) is 2.98. The maximum absolute atomic E-state index is 13.6. The van der Waals surface area contributed by atoms with Crippen LogP contribution < -0.4 is 5.32 Å². The van der Waals surface area contributed by atoms with E-state index in [0.717, 1.165) is 11.4 Å². The van der Waals surface area contributed by atoms with Crippen molar-refractivity contribution >= 4 is 17.4 Å². The highest BCUT2D eigenvalue weighted by Crippen LogP contribution is 2.20. The Labute approximate surface area is 195 Å². The van der Waals surface area contributed by atoms with Gasteiger partial charge in [0, 0.05) is 11.9 Å². The van der Waals surface area contributed by atoms with Gasteiger partial charge in [-0.05, 0) is 43.3 Å². The predicted octanol–water partition coefficient (Wildman–Crippen LogP) is 4.24. The molecule has 0 spiro atoms. The first-order valence-corrected chi connectivity index (χ1v) is 10.7. The van der Waals surface area contributed by atoms with Gasteiger partial charge in [-0.2, -0.15) is 5.10 Å². The van der Waals surface area contributed by atoms with Crippen molar-refractivity contribution < 1.29 is 9.59 Å². The topological polar surface area (TPSA) is 94.7 Å². The van der Waals surface area contributed by atoms with Crippen molar-refractivity contribution in [3.63, 3.8) is 0 Å². The fourth-order valence-corrected chi connectivity index (χ4v) is 3.61. The zero-order chi connectivity index (χ0) is 23.5. The van der Waals surface area contributed by atoms with Gasteiger partial charge in [-0.1, -0.05) is 59.8 Å². The van der Waals surface area contributed by atoms with Crippen molar-refractivity contribution in [1.82, 2.24) is 24.8 Å². The molecular weight excluding hydrogens is 428 g/mol. The van der Waals surface area contributed by atoms with Crippen LogP contribution in [0.3, 0.4) is 0 Å². The summed E-state index contributed by atoms with van der Waals surface area (Å²) < 4.78 is 3.11. The average Bonchev–Trinajstić information content (AvgIpc) is 3.50. The molecule has 0 aliphatic carbocycles. The van der Waals surface area contributed by atoms with E-state index in [1.54, 1.807) is 29.9 Å². The lowest BCUT2D eigenvalue weighted by Crippen LogP contribution is -2.17. The molecule has 0 saturated heterocycles. The predicted molar refractivity (Wildman–Crippen MR) is 127 cm³/mol. The number of para-hydroxylation sites is 3. The Morgan fingerprint density at radius 1 is 0.765 bits per heavy atom. The van der Waals surface area contributed by atoms with Gasteiger partial charge in [-0.25, -0.2) is 9.36 Å². The zero-order valence-electron chi connectivity index (χ0n) is 18.3. The van der Waals surface area contributed by atoms with E-state index >= 15 is 0 Å². The molecule has 2 heterocycles. The number of aromatic nitrogens is 5. The number of nitrogens with one attached hydrogen (secondary N) is 1. The smallest absolute Gasteiger partial charge is 0.276 e. The van der Waals surface area contributed by atoms with E-state index in [1.807, 2.05) is 78.9 Å². The second-order valence-electron chi connectivity index (χ2n) is 7.59. The lowest BCUT2D eigenvalue weighted by atomic mass is 10.1. The third-order valence-electron chi connectivity index (χ3n) is 5.34. The molecule has 0 atom stereocenters. The number of benzene rings is 3. The van der Waals surface area contributed by atoms with Crippen LogP contribution >= 0.6 is 0 Å². The zero-order valence-corrected chi connectivity index (χ0v) is 18.3. The van der Waals surface area contributed by atoms with Crippen molar-refractivity contribution in [3.05, 3.63) is 120 Å². The van der Waals surface area contributed by atoms with Gasteiger partial charge in [0.05, 0.1) is 22.6 Å². The Balaban J connectivity index is 1.56. The number of hydrogen-bond donors (Lipinski definition) is 1. The van der Waals surface area contributed by atoms with Crippen LogP contribution in [0.5, 0.6) is 0 Å². The number of anilines is 1. The van der Waals surface area contributed by atoms with Crippen molar-refractivity contribution in [3.8, 4) is 11.4 Å². The Bertz CT molecular complexity index is 1460. The molecule has 0 fully saturated rings. The van der Waals surface area contributed by atoms with Gasteiger partial charge >= 0.3 is 0 Å². The number of carbonyl (C=O) groups excluding carboxylic acids is 2. The van der Waals surface area contributed by atoms with E-state index < -0.39 is 11.7 Å². The van der Waals surface area contributed by atoms with Gasteiger partial charge in [0.25, 0.3) is 5.91 Å². The maximum Gasteiger partial charge on any atom is 0.276 e. The van der Waals surface area contributed by atoms with Crippen LogP contribution in [-0.4, -0.2) is 36.5 Å². The summed E-state index contributed by atoms with van der Waals surface area (Å²) in [5.74, 6) is -0.919. The van der Waals surface area contributed by atoms with Crippen molar-refractivity contribution in [2.24, 2.45) is 0 Å². The highest BCUT2D eigenvalue weighted by molar-refractivity contribution is 6.16. The molecule has 0 aliphatic heterocycles. The van der Waals surface area contributed by atoms with E-state index in [9.17, 15) is 9.59 Å². The van der Waals surface area contributed by atoms with Gasteiger partial charge in [0.2, 0.25) is 5.78 Å². The minimum atomic E-state index is -0.489. The molecule has 1 amide bonds. The fraction of sp³-hybridized carbons (Fsp3) is 0.0385. The second-order valence-corrected chi connectivity index (χ2v) is 7.59. The second kappa shape index (κ2) is 8.95. The van der Waals surface area contributed by atoms with Crippen LogP contribution in [0.15, 0.2) is 97.2 Å². The minimum absolute atomic E-state index is 0.00590. The molecule has 0 radical (unpaired) electrons. The van der Waals surface area contributed by atoms with Crippen LogP contribution in [0.1, 0.15) is 32.2 Å². The normalized spacial score (nSPS) is 10.7. The molecular formula is C26H20N6O2. The standard InChI is InChI=1S/C26H20N6O2/c1-18-23(28-30-32(18)21-15-9-4-10-16-21)25(33)22-17-31(20-13-7-3-8-14-20)29-24(22)26(34)27-19-11-5-2-6-12-19/h2-17H,1H3,(H,27,34). The largest absolute Gasteiger partial charge is 0.321 e. The highest BCUT2D eigenvalue weighted by Gasteiger charge is 2.27. The van der Waals surface area contributed by atoms with E-state index in [0.29, 0.717) is 11.4 Å². The third kappa shape index (κ3) is 4.00. The highest BCUT2D eigenvalue weighted by atomic mass is 16.2. The monoisotopic (exact) mass is 448 g/mol. The molecule has 0 saturated carbocycles. The van der Waals surface area contributed by atoms with Crippen molar-refractivity contribution in [1.29, 1.82) is 0 Å². The molecule has 166 valence electrons. The summed E-state index contributed by atoms with van der Waals surface area (Å²) >= 11 is 0. The molecule has 2 aromatic heterocycles. The molecule has 5 rings (SSSR count). The molecule has 3 aromatic carbocycles. The Morgan fingerprint density at radius 3 is 2.00 bits per heavy atom. The molecule has 0 unspecified atom stereocenters. The van der Waals surface area contributed by atoms with Crippen LogP contribution in [0.4, 0.5) is 5.69 Å². The first-order valence-electron chi connectivity index (χ1n) is 10.7. The van der Waals surface area contributed by atoms with Crippen molar-refractivity contribution in [2.75, 3.05) is 5.32 Å². The molecule has 8 nitrogen and oxygen atoms in total. The van der Waals surface area contributed by atoms with Gasteiger partial charge in [0.15, 0.2) is 11.4 Å².